The molecule has 0 aromatic heterocycles. The molecule has 22 heavy (non-hydrogen) atoms. The van der Waals surface area contributed by atoms with Gasteiger partial charge in [0, 0.05) is 25.2 Å². The third-order valence-electron chi connectivity index (χ3n) is 4.45. The van der Waals surface area contributed by atoms with Gasteiger partial charge >= 0.3 is 0 Å². The van der Waals surface area contributed by atoms with Crippen molar-refractivity contribution < 1.29 is 9.53 Å². The monoisotopic (exact) mass is 324 g/mol. The Morgan fingerprint density at radius 1 is 1.32 bits per heavy atom. The molecule has 0 saturated carbocycles. The summed E-state index contributed by atoms with van der Waals surface area (Å²) >= 11 is 0. The van der Waals surface area contributed by atoms with Gasteiger partial charge in [-0.3, -0.25) is 4.79 Å². The SMILES string of the molecule is Cc1cccc(OCCC(=O)N2CCC3CCC(C2)N3)c1.Cl. The molecule has 0 radical (unpaired) electrons. The first kappa shape index (κ1) is 17.1. The van der Waals surface area contributed by atoms with Crippen LogP contribution in [0.3, 0.4) is 0 Å². The van der Waals surface area contributed by atoms with Crippen molar-refractivity contribution in [1.82, 2.24) is 10.2 Å². The summed E-state index contributed by atoms with van der Waals surface area (Å²) in [7, 11) is 0. The molecule has 0 spiro atoms. The van der Waals surface area contributed by atoms with Crippen LogP contribution in [0.25, 0.3) is 0 Å². The molecular weight excluding hydrogens is 300 g/mol. The van der Waals surface area contributed by atoms with Crippen LogP contribution in [-0.4, -0.2) is 42.6 Å². The molecule has 2 bridgehead atoms. The van der Waals surface area contributed by atoms with Crippen LogP contribution in [0.15, 0.2) is 24.3 Å². The molecule has 2 fully saturated rings. The van der Waals surface area contributed by atoms with Crippen LogP contribution < -0.4 is 10.1 Å². The van der Waals surface area contributed by atoms with Crippen molar-refractivity contribution in [3.8, 4) is 5.75 Å². The average molecular weight is 325 g/mol. The lowest BCUT2D eigenvalue weighted by atomic mass is 10.1. The van der Waals surface area contributed by atoms with Gasteiger partial charge in [0.2, 0.25) is 5.91 Å². The van der Waals surface area contributed by atoms with Gasteiger partial charge in [-0.2, -0.15) is 0 Å². The van der Waals surface area contributed by atoms with Crippen LogP contribution >= 0.6 is 12.4 Å². The van der Waals surface area contributed by atoms with Crippen LogP contribution in [0.5, 0.6) is 5.75 Å². The highest BCUT2D eigenvalue weighted by Crippen LogP contribution is 2.21. The van der Waals surface area contributed by atoms with E-state index in [1.54, 1.807) is 0 Å². The van der Waals surface area contributed by atoms with Gasteiger partial charge in [0.1, 0.15) is 5.75 Å². The second kappa shape index (κ2) is 7.84. The maximum Gasteiger partial charge on any atom is 0.226 e. The summed E-state index contributed by atoms with van der Waals surface area (Å²) in [5, 5.41) is 3.60. The number of carbonyl (C=O) groups excluding carboxylic acids is 1. The Kier molecular flexibility index (Phi) is 6.09. The highest BCUT2D eigenvalue weighted by molar-refractivity contribution is 5.85. The first-order chi connectivity index (χ1) is 10.2. The summed E-state index contributed by atoms with van der Waals surface area (Å²) in [4.78, 5) is 14.3. The number of amides is 1. The topological polar surface area (TPSA) is 41.6 Å². The molecule has 0 aliphatic carbocycles. The van der Waals surface area contributed by atoms with E-state index >= 15 is 0 Å². The third kappa shape index (κ3) is 4.37. The molecule has 122 valence electrons. The predicted octanol–water partition coefficient (Wildman–Crippen LogP) is 2.54. The zero-order valence-electron chi connectivity index (χ0n) is 13.1. The number of nitrogens with zero attached hydrogens (tertiary/aromatic N) is 1. The summed E-state index contributed by atoms with van der Waals surface area (Å²) in [6, 6.07) is 9.07. The first-order valence-corrected chi connectivity index (χ1v) is 7.94. The van der Waals surface area contributed by atoms with E-state index < -0.39 is 0 Å². The number of likely N-dealkylation sites (tertiary alicyclic amines) is 1. The van der Waals surface area contributed by atoms with Gasteiger partial charge in [-0.05, 0) is 43.9 Å². The second-order valence-corrected chi connectivity index (χ2v) is 6.18. The summed E-state index contributed by atoms with van der Waals surface area (Å²) in [5.41, 5.74) is 1.17. The number of hydrogen-bond donors (Lipinski definition) is 1. The van der Waals surface area contributed by atoms with Crippen molar-refractivity contribution in [2.24, 2.45) is 0 Å². The Bertz CT molecular complexity index is 509. The number of hydrogen-bond acceptors (Lipinski definition) is 3. The van der Waals surface area contributed by atoms with Crippen LogP contribution in [0, 0.1) is 6.92 Å². The maximum atomic E-state index is 12.3. The van der Waals surface area contributed by atoms with E-state index in [-0.39, 0.29) is 18.3 Å². The van der Waals surface area contributed by atoms with E-state index in [0.29, 0.717) is 25.1 Å². The molecule has 2 unspecified atom stereocenters. The fraction of sp³-hybridized carbons (Fsp3) is 0.588. The zero-order valence-corrected chi connectivity index (χ0v) is 13.9. The maximum absolute atomic E-state index is 12.3. The van der Waals surface area contributed by atoms with Crippen molar-refractivity contribution in [2.45, 2.75) is 44.7 Å². The fourth-order valence-corrected chi connectivity index (χ4v) is 3.29. The van der Waals surface area contributed by atoms with Crippen LogP contribution in [-0.2, 0) is 4.79 Å². The molecule has 1 amide bonds. The van der Waals surface area contributed by atoms with Gasteiger partial charge in [0.15, 0.2) is 0 Å². The van der Waals surface area contributed by atoms with Crippen molar-refractivity contribution >= 4 is 18.3 Å². The average Bonchev–Trinajstić information content (AvgIpc) is 2.78. The summed E-state index contributed by atoms with van der Waals surface area (Å²) < 4.78 is 5.68. The van der Waals surface area contributed by atoms with E-state index in [9.17, 15) is 4.79 Å². The second-order valence-electron chi connectivity index (χ2n) is 6.18. The van der Waals surface area contributed by atoms with Crippen molar-refractivity contribution in [1.29, 1.82) is 0 Å². The summed E-state index contributed by atoms with van der Waals surface area (Å²) in [6.45, 7) is 4.24. The number of ether oxygens (including phenoxy) is 1. The minimum atomic E-state index is 0. The number of carbonyl (C=O) groups is 1. The van der Waals surface area contributed by atoms with E-state index in [2.05, 4.69) is 5.32 Å². The molecule has 4 nitrogen and oxygen atoms in total. The molecule has 5 heteroatoms. The quantitative estimate of drug-likeness (QED) is 0.925. The lowest BCUT2D eigenvalue weighted by Gasteiger charge is -2.24. The van der Waals surface area contributed by atoms with Gasteiger partial charge in [0.05, 0.1) is 13.0 Å². The van der Waals surface area contributed by atoms with E-state index in [4.69, 9.17) is 4.74 Å². The smallest absolute Gasteiger partial charge is 0.226 e. The minimum Gasteiger partial charge on any atom is -0.493 e. The van der Waals surface area contributed by atoms with Gasteiger partial charge in [-0.1, -0.05) is 12.1 Å². The number of fused-ring (bicyclic) bond motifs is 2. The van der Waals surface area contributed by atoms with Gasteiger partial charge in [-0.25, -0.2) is 0 Å². The standard InChI is InChI=1S/C17H24N2O2.ClH/c1-13-3-2-4-16(11-13)21-10-8-17(20)19-9-7-14-5-6-15(12-19)18-14;/h2-4,11,14-15,18H,5-10,12H2,1H3;1H. The normalized spacial score (nSPS) is 23.6. The van der Waals surface area contributed by atoms with Gasteiger partial charge < -0.3 is 15.0 Å². The Hall–Kier alpha value is -1.26. The van der Waals surface area contributed by atoms with Gasteiger partial charge in [-0.15, -0.1) is 12.4 Å². The van der Waals surface area contributed by atoms with Crippen LogP contribution in [0.4, 0.5) is 0 Å². The van der Waals surface area contributed by atoms with Crippen LogP contribution in [0.1, 0.15) is 31.2 Å². The minimum absolute atomic E-state index is 0. The number of benzene rings is 1. The van der Waals surface area contributed by atoms with Crippen LogP contribution in [0.2, 0.25) is 0 Å². The highest BCUT2D eigenvalue weighted by Gasteiger charge is 2.30. The lowest BCUT2D eigenvalue weighted by molar-refractivity contribution is -0.131. The molecule has 1 aromatic rings. The van der Waals surface area contributed by atoms with Gasteiger partial charge in [0.25, 0.3) is 0 Å². The number of aryl methyl sites for hydroxylation is 1. The Morgan fingerprint density at radius 3 is 2.95 bits per heavy atom. The number of halogens is 1. The number of rotatable bonds is 4. The molecule has 2 saturated heterocycles. The highest BCUT2D eigenvalue weighted by atomic mass is 35.5. The Morgan fingerprint density at radius 2 is 2.14 bits per heavy atom. The molecular formula is C17H25ClN2O2. The Labute approximate surface area is 138 Å². The predicted molar refractivity (Wildman–Crippen MR) is 89.7 cm³/mol. The molecule has 1 N–H and O–H groups in total. The van der Waals surface area contributed by atoms with E-state index in [0.717, 1.165) is 25.3 Å². The van der Waals surface area contributed by atoms with E-state index in [1.807, 2.05) is 36.1 Å². The summed E-state index contributed by atoms with van der Waals surface area (Å²) in [6.07, 6.45) is 4.02. The Balaban J connectivity index is 0.00000176. The zero-order chi connectivity index (χ0) is 14.7. The molecule has 2 atom stereocenters. The lowest BCUT2D eigenvalue weighted by Crippen LogP contribution is -2.39. The molecule has 2 aliphatic rings. The van der Waals surface area contributed by atoms with Crippen molar-refractivity contribution in [2.75, 3.05) is 19.7 Å². The van der Waals surface area contributed by atoms with Crippen molar-refractivity contribution in [3.63, 3.8) is 0 Å². The first-order valence-electron chi connectivity index (χ1n) is 7.94. The summed E-state index contributed by atoms with van der Waals surface area (Å²) in [5.74, 6) is 1.07. The van der Waals surface area contributed by atoms with E-state index in [1.165, 1.54) is 18.4 Å². The largest absolute Gasteiger partial charge is 0.493 e. The molecule has 2 heterocycles. The number of nitrogens with one attached hydrogen (secondary N) is 1. The molecule has 3 rings (SSSR count). The molecule has 2 aliphatic heterocycles. The third-order valence-corrected chi connectivity index (χ3v) is 4.45. The molecule has 1 aromatic carbocycles. The van der Waals surface area contributed by atoms with Crippen molar-refractivity contribution in [3.05, 3.63) is 29.8 Å². The fourth-order valence-electron chi connectivity index (χ4n) is 3.29.